The molecule has 2 atom stereocenters. The second kappa shape index (κ2) is 12.3. The molecular weight excluding hydrogens is 214 g/mol. The van der Waals surface area contributed by atoms with Gasteiger partial charge in [0.1, 0.15) is 6.23 Å². The SMILES string of the molecule is CCCCCCCCCCCC(CO)C(N)O. The minimum atomic E-state index is -0.867. The fourth-order valence-electron chi connectivity index (χ4n) is 2.09. The van der Waals surface area contributed by atoms with Crippen LogP contribution < -0.4 is 5.73 Å². The number of unbranched alkanes of at least 4 members (excludes halogenated alkanes) is 8. The molecule has 0 spiro atoms. The van der Waals surface area contributed by atoms with E-state index in [2.05, 4.69) is 6.92 Å². The molecule has 0 heterocycles. The second-order valence-corrected chi connectivity index (χ2v) is 5.05. The van der Waals surface area contributed by atoms with Crippen molar-refractivity contribution in [2.75, 3.05) is 6.61 Å². The molecule has 3 heteroatoms. The van der Waals surface area contributed by atoms with Gasteiger partial charge >= 0.3 is 0 Å². The molecule has 2 unspecified atom stereocenters. The molecule has 0 radical (unpaired) electrons. The van der Waals surface area contributed by atoms with Crippen LogP contribution in [0.25, 0.3) is 0 Å². The van der Waals surface area contributed by atoms with Gasteiger partial charge in [-0.2, -0.15) is 0 Å². The van der Waals surface area contributed by atoms with Crippen LogP contribution >= 0.6 is 0 Å². The monoisotopic (exact) mass is 245 g/mol. The zero-order valence-corrected chi connectivity index (χ0v) is 11.4. The third-order valence-electron chi connectivity index (χ3n) is 3.40. The highest BCUT2D eigenvalue weighted by molar-refractivity contribution is 4.62. The predicted molar refractivity (Wildman–Crippen MR) is 72.6 cm³/mol. The van der Waals surface area contributed by atoms with Crippen LogP contribution in [-0.4, -0.2) is 23.0 Å². The van der Waals surface area contributed by atoms with Gasteiger partial charge in [0.2, 0.25) is 0 Å². The minimum Gasteiger partial charge on any atom is -0.396 e. The van der Waals surface area contributed by atoms with Crippen LogP contribution in [0.1, 0.15) is 71.1 Å². The van der Waals surface area contributed by atoms with Crippen molar-refractivity contribution in [2.24, 2.45) is 11.7 Å². The summed E-state index contributed by atoms with van der Waals surface area (Å²) in [5, 5.41) is 18.1. The van der Waals surface area contributed by atoms with Gasteiger partial charge in [0.25, 0.3) is 0 Å². The van der Waals surface area contributed by atoms with Gasteiger partial charge in [-0.3, -0.25) is 0 Å². The summed E-state index contributed by atoms with van der Waals surface area (Å²) >= 11 is 0. The van der Waals surface area contributed by atoms with E-state index in [1.165, 1.54) is 51.4 Å². The molecule has 17 heavy (non-hydrogen) atoms. The van der Waals surface area contributed by atoms with Gasteiger partial charge in [0.15, 0.2) is 0 Å². The van der Waals surface area contributed by atoms with E-state index in [1.807, 2.05) is 0 Å². The predicted octanol–water partition coefficient (Wildman–Crippen LogP) is 2.79. The molecule has 0 aromatic carbocycles. The fraction of sp³-hybridized carbons (Fsp3) is 1.00. The van der Waals surface area contributed by atoms with Gasteiger partial charge in [0, 0.05) is 12.5 Å². The maximum Gasteiger partial charge on any atom is 0.107 e. The largest absolute Gasteiger partial charge is 0.396 e. The number of aliphatic hydroxyl groups excluding tert-OH is 2. The first-order valence-corrected chi connectivity index (χ1v) is 7.26. The van der Waals surface area contributed by atoms with Crippen molar-refractivity contribution in [1.82, 2.24) is 0 Å². The van der Waals surface area contributed by atoms with Crippen molar-refractivity contribution in [3.05, 3.63) is 0 Å². The number of aliphatic hydroxyl groups is 2. The first kappa shape index (κ1) is 16.9. The molecule has 0 aliphatic rings. The van der Waals surface area contributed by atoms with Crippen molar-refractivity contribution in [1.29, 1.82) is 0 Å². The van der Waals surface area contributed by atoms with Crippen molar-refractivity contribution in [3.8, 4) is 0 Å². The zero-order valence-electron chi connectivity index (χ0n) is 11.4. The molecule has 3 nitrogen and oxygen atoms in total. The van der Waals surface area contributed by atoms with Crippen LogP contribution in [0.5, 0.6) is 0 Å². The van der Waals surface area contributed by atoms with Crippen LogP contribution in [0.4, 0.5) is 0 Å². The van der Waals surface area contributed by atoms with Crippen molar-refractivity contribution < 1.29 is 10.2 Å². The van der Waals surface area contributed by atoms with E-state index in [0.29, 0.717) is 0 Å². The van der Waals surface area contributed by atoms with Crippen molar-refractivity contribution in [3.63, 3.8) is 0 Å². The molecule has 0 fully saturated rings. The molecule has 0 saturated heterocycles. The molecule has 0 aliphatic carbocycles. The summed E-state index contributed by atoms with van der Waals surface area (Å²) < 4.78 is 0. The highest BCUT2D eigenvalue weighted by atomic mass is 16.3. The van der Waals surface area contributed by atoms with Gasteiger partial charge in [-0.1, -0.05) is 64.7 Å². The third kappa shape index (κ3) is 10.7. The average Bonchev–Trinajstić information content (AvgIpc) is 2.31. The van der Waals surface area contributed by atoms with Gasteiger partial charge in [-0.25, -0.2) is 0 Å². The number of hydrogen-bond acceptors (Lipinski definition) is 3. The van der Waals surface area contributed by atoms with Gasteiger partial charge in [-0.15, -0.1) is 0 Å². The van der Waals surface area contributed by atoms with E-state index in [4.69, 9.17) is 15.9 Å². The maximum atomic E-state index is 9.15. The average molecular weight is 245 g/mol. The summed E-state index contributed by atoms with van der Waals surface area (Å²) in [5.74, 6) is -0.139. The van der Waals surface area contributed by atoms with Crippen LogP contribution in [-0.2, 0) is 0 Å². The van der Waals surface area contributed by atoms with Gasteiger partial charge < -0.3 is 15.9 Å². The topological polar surface area (TPSA) is 66.5 Å². The first-order chi connectivity index (χ1) is 8.22. The fourth-order valence-corrected chi connectivity index (χ4v) is 2.09. The smallest absolute Gasteiger partial charge is 0.107 e. The summed E-state index contributed by atoms with van der Waals surface area (Å²) in [6.45, 7) is 2.23. The van der Waals surface area contributed by atoms with Crippen LogP contribution in [0, 0.1) is 5.92 Å². The van der Waals surface area contributed by atoms with Crippen molar-refractivity contribution >= 4 is 0 Å². The molecule has 0 rings (SSSR count). The summed E-state index contributed by atoms with van der Waals surface area (Å²) in [7, 11) is 0. The number of nitrogens with two attached hydrogens (primary N) is 1. The highest BCUT2D eigenvalue weighted by Crippen LogP contribution is 2.14. The molecule has 104 valence electrons. The lowest BCUT2D eigenvalue weighted by Gasteiger charge is -2.16. The van der Waals surface area contributed by atoms with Crippen LogP contribution in [0.2, 0.25) is 0 Å². The Morgan fingerprint density at radius 1 is 0.882 bits per heavy atom. The number of hydrogen-bond donors (Lipinski definition) is 3. The van der Waals surface area contributed by atoms with E-state index in [9.17, 15) is 0 Å². The Hall–Kier alpha value is -0.120. The Labute approximate surface area is 106 Å². The van der Waals surface area contributed by atoms with Crippen LogP contribution in [0.15, 0.2) is 0 Å². The minimum absolute atomic E-state index is 0.00527. The molecule has 0 aliphatic heterocycles. The van der Waals surface area contributed by atoms with Crippen LogP contribution in [0.3, 0.4) is 0 Å². The second-order valence-electron chi connectivity index (χ2n) is 5.05. The first-order valence-electron chi connectivity index (χ1n) is 7.26. The number of rotatable bonds is 12. The Bertz CT molecular complexity index is 151. The lowest BCUT2D eigenvalue weighted by molar-refractivity contribution is 0.0656. The van der Waals surface area contributed by atoms with E-state index in [-0.39, 0.29) is 12.5 Å². The molecule has 0 aromatic heterocycles. The summed E-state index contributed by atoms with van der Waals surface area (Å²) in [5.41, 5.74) is 5.35. The third-order valence-corrected chi connectivity index (χ3v) is 3.40. The summed E-state index contributed by atoms with van der Waals surface area (Å²) in [6, 6.07) is 0. The summed E-state index contributed by atoms with van der Waals surface area (Å²) in [6.07, 6.45) is 11.6. The highest BCUT2D eigenvalue weighted by Gasteiger charge is 2.13. The molecule has 0 amide bonds. The van der Waals surface area contributed by atoms with E-state index in [1.54, 1.807) is 0 Å². The molecule has 0 aromatic rings. The normalized spacial score (nSPS) is 14.8. The van der Waals surface area contributed by atoms with E-state index < -0.39 is 6.23 Å². The standard InChI is InChI=1S/C14H31NO2/c1-2-3-4-5-6-7-8-9-10-11-13(12-16)14(15)17/h13-14,16-17H,2-12,15H2,1H3. The molecule has 0 saturated carbocycles. The Morgan fingerprint density at radius 3 is 1.76 bits per heavy atom. The molecule has 4 N–H and O–H groups in total. The van der Waals surface area contributed by atoms with E-state index in [0.717, 1.165) is 12.8 Å². The lowest BCUT2D eigenvalue weighted by atomic mass is 9.99. The van der Waals surface area contributed by atoms with E-state index >= 15 is 0 Å². The Morgan fingerprint density at radius 2 is 1.35 bits per heavy atom. The lowest BCUT2D eigenvalue weighted by Crippen LogP contribution is -2.31. The van der Waals surface area contributed by atoms with Crippen molar-refractivity contribution in [2.45, 2.75) is 77.4 Å². The molecular formula is C14H31NO2. The van der Waals surface area contributed by atoms with Gasteiger partial charge in [0.05, 0.1) is 0 Å². The Kier molecular flexibility index (Phi) is 12.3. The molecule has 0 bridgehead atoms. The Balaban J connectivity index is 3.17. The maximum absolute atomic E-state index is 9.15. The quantitative estimate of drug-likeness (QED) is 0.366. The van der Waals surface area contributed by atoms with Gasteiger partial charge in [-0.05, 0) is 6.42 Å². The summed E-state index contributed by atoms with van der Waals surface area (Å²) in [4.78, 5) is 0. The zero-order chi connectivity index (χ0) is 12.9.